The van der Waals surface area contributed by atoms with Crippen LogP contribution in [0.2, 0.25) is 0 Å². The van der Waals surface area contributed by atoms with Gasteiger partial charge in [0.2, 0.25) is 0 Å². The van der Waals surface area contributed by atoms with Crippen molar-refractivity contribution >= 4 is 6.09 Å². The van der Waals surface area contributed by atoms with Gasteiger partial charge in [-0.25, -0.2) is 4.79 Å². The van der Waals surface area contributed by atoms with Crippen molar-refractivity contribution in [3.63, 3.8) is 0 Å². The molecule has 0 bridgehead atoms. The van der Waals surface area contributed by atoms with Gasteiger partial charge in [0.15, 0.2) is 0 Å². The van der Waals surface area contributed by atoms with Gasteiger partial charge in [0.25, 0.3) is 0 Å². The number of methoxy groups -OCH3 is 1. The van der Waals surface area contributed by atoms with Crippen molar-refractivity contribution in [2.24, 2.45) is 0 Å². The number of hydrogen-bond donors (Lipinski definition) is 0. The second kappa shape index (κ2) is 6.49. The second-order valence-corrected chi connectivity index (χ2v) is 6.89. The number of nitrogens with zero attached hydrogens (tertiary/aromatic N) is 2. The quantitative estimate of drug-likeness (QED) is 0.838. The highest BCUT2D eigenvalue weighted by atomic mass is 16.6. The Bertz CT molecular complexity index is 605. The number of likely N-dealkylation sites (tertiary alicyclic amines) is 1. The van der Waals surface area contributed by atoms with Crippen LogP contribution in [-0.2, 0) is 10.2 Å². The van der Waals surface area contributed by atoms with Crippen LogP contribution in [0.5, 0.6) is 5.75 Å². The first-order chi connectivity index (χ1) is 10.8. The van der Waals surface area contributed by atoms with E-state index in [9.17, 15) is 10.1 Å². The molecule has 0 radical (unpaired) electrons. The average molecular weight is 316 g/mol. The number of hydrogen-bond acceptors (Lipinski definition) is 4. The van der Waals surface area contributed by atoms with Crippen molar-refractivity contribution in [2.75, 3.05) is 20.2 Å². The van der Waals surface area contributed by atoms with E-state index < -0.39 is 11.0 Å². The topological polar surface area (TPSA) is 62.6 Å². The molecule has 23 heavy (non-hydrogen) atoms. The molecule has 5 nitrogen and oxygen atoms in total. The van der Waals surface area contributed by atoms with Crippen molar-refractivity contribution in [1.29, 1.82) is 5.26 Å². The Morgan fingerprint density at radius 1 is 1.30 bits per heavy atom. The molecule has 1 saturated heterocycles. The van der Waals surface area contributed by atoms with Crippen molar-refractivity contribution in [2.45, 2.75) is 44.6 Å². The molecule has 0 N–H and O–H groups in total. The maximum atomic E-state index is 12.2. The van der Waals surface area contributed by atoms with Crippen molar-refractivity contribution in [3.05, 3.63) is 29.8 Å². The number of nitriles is 1. The molecule has 1 amide bonds. The van der Waals surface area contributed by atoms with E-state index in [4.69, 9.17) is 9.47 Å². The molecular formula is C18H24N2O3. The van der Waals surface area contributed by atoms with Crippen LogP contribution < -0.4 is 4.74 Å². The Labute approximate surface area is 137 Å². The van der Waals surface area contributed by atoms with Gasteiger partial charge in [-0.1, -0.05) is 12.1 Å². The molecule has 0 aliphatic carbocycles. The minimum Gasteiger partial charge on any atom is -0.497 e. The zero-order chi connectivity index (χ0) is 17.1. The third kappa shape index (κ3) is 3.95. The molecule has 0 spiro atoms. The summed E-state index contributed by atoms with van der Waals surface area (Å²) in [6, 6.07) is 10.1. The summed E-state index contributed by atoms with van der Waals surface area (Å²) in [6.45, 7) is 6.58. The standard InChI is InChI=1S/C18H24N2O3/c1-17(2,3)23-16(21)20-10-8-18(13-19,9-11-20)14-6-5-7-15(12-14)22-4/h5-7,12H,8-11H2,1-4H3. The molecule has 1 heterocycles. The number of ether oxygens (including phenoxy) is 2. The SMILES string of the molecule is COc1cccc(C2(C#N)CCN(C(=O)OC(C)(C)C)CC2)c1. The van der Waals surface area contributed by atoms with E-state index in [1.807, 2.05) is 45.0 Å². The molecule has 0 saturated carbocycles. The molecule has 5 heteroatoms. The van der Waals surface area contributed by atoms with Gasteiger partial charge in [-0.3, -0.25) is 0 Å². The zero-order valence-corrected chi connectivity index (χ0v) is 14.3. The number of benzene rings is 1. The van der Waals surface area contributed by atoms with E-state index in [-0.39, 0.29) is 6.09 Å². The summed E-state index contributed by atoms with van der Waals surface area (Å²) in [6.07, 6.45) is 0.876. The summed E-state index contributed by atoms with van der Waals surface area (Å²) in [5.41, 5.74) is -0.135. The predicted molar refractivity (Wildman–Crippen MR) is 87.3 cm³/mol. The summed E-state index contributed by atoms with van der Waals surface area (Å²) < 4.78 is 10.7. The smallest absolute Gasteiger partial charge is 0.410 e. The Kier molecular flexibility index (Phi) is 4.84. The molecule has 1 aliphatic rings. The lowest BCUT2D eigenvalue weighted by molar-refractivity contribution is 0.0185. The Balaban J connectivity index is 2.11. The highest BCUT2D eigenvalue weighted by Gasteiger charge is 2.38. The van der Waals surface area contributed by atoms with Crippen LogP contribution in [0.3, 0.4) is 0 Å². The number of carbonyl (C=O) groups is 1. The summed E-state index contributed by atoms with van der Waals surface area (Å²) in [7, 11) is 1.61. The molecule has 1 aliphatic heterocycles. The molecule has 0 atom stereocenters. The number of amides is 1. The second-order valence-electron chi connectivity index (χ2n) is 6.89. The average Bonchev–Trinajstić information content (AvgIpc) is 2.53. The molecule has 1 fully saturated rings. The van der Waals surface area contributed by atoms with Crippen LogP contribution in [0.25, 0.3) is 0 Å². The molecular weight excluding hydrogens is 292 g/mol. The number of rotatable bonds is 2. The minimum atomic E-state index is -0.576. The molecule has 1 aromatic carbocycles. The van der Waals surface area contributed by atoms with Crippen molar-refractivity contribution in [3.8, 4) is 11.8 Å². The Hall–Kier alpha value is -2.22. The first-order valence-electron chi connectivity index (χ1n) is 7.83. The molecule has 0 aromatic heterocycles. The van der Waals surface area contributed by atoms with Crippen LogP contribution in [0.1, 0.15) is 39.2 Å². The van der Waals surface area contributed by atoms with Crippen LogP contribution in [0.15, 0.2) is 24.3 Å². The maximum absolute atomic E-state index is 12.2. The minimum absolute atomic E-state index is 0.310. The first kappa shape index (κ1) is 17.1. The molecule has 124 valence electrons. The fourth-order valence-electron chi connectivity index (χ4n) is 2.78. The zero-order valence-electron chi connectivity index (χ0n) is 14.3. The van der Waals surface area contributed by atoms with Gasteiger partial charge < -0.3 is 14.4 Å². The van der Waals surface area contributed by atoms with Crippen LogP contribution in [-0.4, -0.2) is 36.8 Å². The van der Waals surface area contributed by atoms with Gasteiger partial charge in [0, 0.05) is 13.1 Å². The summed E-state index contributed by atoms with van der Waals surface area (Å²) >= 11 is 0. The van der Waals surface area contributed by atoms with Crippen LogP contribution in [0.4, 0.5) is 4.79 Å². The summed E-state index contributed by atoms with van der Waals surface area (Å²) in [4.78, 5) is 13.8. The van der Waals surface area contributed by atoms with E-state index in [2.05, 4.69) is 6.07 Å². The lowest BCUT2D eigenvalue weighted by Gasteiger charge is -2.38. The van der Waals surface area contributed by atoms with E-state index in [1.54, 1.807) is 12.0 Å². The first-order valence-corrected chi connectivity index (χ1v) is 7.83. The van der Waals surface area contributed by atoms with Gasteiger partial charge in [0.1, 0.15) is 11.4 Å². The summed E-state index contributed by atoms with van der Waals surface area (Å²) in [5, 5.41) is 9.74. The van der Waals surface area contributed by atoms with E-state index in [0.717, 1.165) is 11.3 Å². The van der Waals surface area contributed by atoms with Crippen molar-refractivity contribution in [1.82, 2.24) is 4.90 Å². The van der Waals surface area contributed by atoms with E-state index in [1.165, 1.54) is 0 Å². The predicted octanol–water partition coefficient (Wildman–Crippen LogP) is 3.49. The normalized spacial score (nSPS) is 17.3. The highest BCUT2D eigenvalue weighted by molar-refractivity contribution is 5.68. The largest absolute Gasteiger partial charge is 0.497 e. The summed E-state index contributed by atoms with van der Waals surface area (Å²) in [5.74, 6) is 0.742. The van der Waals surface area contributed by atoms with Gasteiger partial charge in [-0.2, -0.15) is 5.26 Å². The van der Waals surface area contributed by atoms with Crippen molar-refractivity contribution < 1.29 is 14.3 Å². The van der Waals surface area contributed by atoms with Crippen LogP contribution >= 0.6 is 0 Å². The van der Waals surface area contributed by atoms with Gasteiger partial charge in [-0.15, -0.1) is 0 Å². The van der Waals surface area contributed by atoms with E-state index >= 15 is 0 Å². The Morgan fingerprint density at radius 3 is 2.48 bits per heavy atom. The molecule has 1 aromatic rings. The Morgan fingerprint density at radius 2 is 1.96 bits per heavy atom. The van der Waals surface area contributed by atoms with Crippen LogP contribution in [0, 0.1) is 11.3 Å². The lowest BCUT2D eigenvalue weighted by atomic mass is 9.74. The third-order valence-electron chi connectivity index (χ3n) is 4.11. The number of piperidine rings is 1. The monoisotopic (exact) mass is 316 g/mol. The number of carbonyl (C=O) groups excluding carboxylic acids is 1. The fraction of sp³-hybridized carbons (Fsp3) is 0.556. The maximum Gasteiger partial charge on any atom is 0.410 e. The van der Waals surface area contributed by atoms with Gasteiger partial charge >= 0.3 is 6.09 Å². The van der Waals surface area contributed by atoms with E-state index in [0.29, 0.717) is 25.9 Å². The molecule has 2 rings (SSSR count). The third-order valence-corrected chi connectivity index (χ3v) is 4.11. The lowest BCUT2D eigenvalue weighted by Crippen LogP contribution is -2.46. The van der Waals surface area contributed by atoms with Gasteiger partial charge in [0.05, 0.1) is 18.6 Å². The van der Waals surface area contributed by atoms with Gasteiger partial charge in [-0.05, 0) is 51.3 Å². The highest BCUT2D eigenvalue weighted by Crippen LogP contribution is 2.36. The molecule has 0 unspecified atom stereocenters. The fourth-order valence-corrected chi connectivity index (χ4v) is 2.78.